The maximum Gasteiger partial charge on any atom is 0.405 e. The Morgan fingerprint density at radius 3 is 2.34 bits per heavy atom. The van der Waals surface area contributed by atoms with Crippen LogP contribution in [0.15, 0.2) is 79.9 Å². The zero-order chi connectivity index (χ0) is 27.8. The van der Waals surface area contributed by atoms with Gasteiger partial charge in [-0.3, -0.25) is 9.59 Å². The fourth-order valence-electron chi connectivity index (χ4n) is 3.30. The van der Waals surface area contributed by atoms with Gasteiger partial charge in [0.15, 0.2) is 9.68 Å². The first-order chi connectivity index (χ1) is 18.2. The summed E-state index contributed by atoms with van der Waals surface area (Å²) in [4.78, 5) is 28.5. The van der Waals surface area contributed by atoms with Crippen LogP contribution < -0.4 is 25.1 Å². The predicted molar refractivity (Wildman–Crippen MR) is 141 cm³/mol. The molecule has 2 aromatic rings. The van der Waals surface area contributed by atoms with Crippen molar-refractivity contribution < 1.29 is 32.2 Å². The van der Waals surface area contributed by atoms with Gasteiger partial charge in [-0.2, -0.15) is 13.2 Å². The molecule has 0 aliphatic heterocycles. The summed E-state index contributed by atoms with van der Waals surface area (Å²) in [6.07, 6.45) is -0.501. The SMILES string of the molecule is C=CCOc1cccc(OCN[Si][C@@H](CCc2ccccc2)C(=O)N[C@@H](CC=C)C(=O)NCC(F)(F)F)c1. The number of amides is 2. The lowest BCUT2D eigenvalue weighted by Gasteiger charge is -2.22. The van der Waals surface area contributed by atoms with E-state index in [1.165, 1.54) is 6.08 Å². The van der Waals surface area contributed by atoms with Crippen LogP contribution in [0.2, 0.25) is 5.54 Å². The first-order valence-electron chi connectivity index (χ1n) is 12.0. The standard InChI is InChI=1S/C27H32F3N3O4Si/c1-3-9-23(25(34)31-18-27(28,29)30)33-26(35)24(15-14-20-10-6-5-7-11-20)38-32-19-37-22-13-8-12-21(17-22)36-16-4-2/h3-8,10-13,17,23-24,32H,1-2,9,14-16,18-19H2,(H,31,34)(H,33,35)/t23-,24-/m0/s1. The molecule has 2 atom stereocenters. The molecule has 0 aliphatic carbocycles. The summed E-state index contributed by atoms with van der Waals surface area (Å²) in [5, 5.41) is 4.41. The third-order valence-corrected chi connectivity index (χ3v) is 6.39. The summed E-state index contributed by atoms with van der Waals surface area (Å²) in [6, 6.07) is 15.5. The van der Waals surface area contributed by atoms with Crippen LogP contribution in [0.25, 0.3) is 0 Å². The number of alkyl halides is 3. The molecule has 2 rings (SSSR count). The first kappa shape index (κ1) is 30.6. The molecule has 0 saturated carbocycles. The zero-order valence-electron chi connectivity index (χ0n) is 20.9. The molecule has 0 fully saturated rings. The average molecular weight is 548 g/mol. The first-order valence-corrected chi connectivity index (χ1v) is 13.0. The Kier molecular flexibility index (Phi) is 13.2. The van der Waals surface area contributed by atoms with Crippen LogP contribution in [0.1, 0.15) is 18.4 Å². The molecule has 7 nitrogen and oxygen atoms in total. The van der Waals surface area contributed by atoms with E-state index in [9.17, 15) is 22.8 Å². The van der Waals surface area contributed by atoms with E-state index in [-0.39, 0.29) is 22.8 Å². The van der Waals surface area contributed by atoms with E-state index in [0.717, 1.165) is 5.56 Å². The summed E-state index contributed by atoms with van der Waals surface area (Å²) < 4.78 is 48.8. The van der Waals surface area contributed by atoms with Crippen LogP contribution in [0.5, 0.6) is 11.5 Å². The van der Waals surface area contributed by atoms with Gasteiger partial charge in [0.25, 0.3) is 0 Å². The van der Waals surface area contributed by atoms with E-state index in [4.69, 9.17) is 9.47 Å². The predicted octanol–water partition coefficient (Wildman–Crippen LogP) is 3.96. The Hall–Kier alpha value is -3.57. The smallest absolute Gasteiger partial charge is 0.405 e. The molecule has 204 valence electrons. The Morgan fingerprint density at radius 2 is 1.68 bits per heavy atom. The van der Waals surface area contributed by atoms with Crippen molar-refractivity contribution >= 4 is 21.5 Å². The summed E-state index contributed by atoms with van der Waals surface area (Å²) >= 11 is 0. The number of aryl methyl sites for hydroxylation is 1. The minimum absolute atomic E-state index is 0.00917. The van der Waals surface area contributed by atoms with Gasteiger partial charge in [0.05, 0.1) is 0 Å². The number of rotatable bonds is 17. The van der Waals surface area contributed by atoms with E-state index in [2.05, 4.69) is 23.5 Å². The molecule has 2 aromatic carbocycles. The Labute approximate surface area is 223 Å². The molecular weight excluding hydrogens is 515 g/mol. The van der Waals surface area contributed by atoms with Crippen molar-refractivity contribution in [2.24, 2.45) is 0 Å². The van der Waals surface area contributed by atoms with E-state index >= 15 is 0 Å². The number of ether oxygens (including phenoxy) is 2. The van der Waals surface area contributed by atoms with Gasteiger partial charge in [0.1, 0.15) is 37.4 Å². The van der Waals surface area contributed by atoms with E-state index in [1.807, 2.05) is 35.6 Å². The van der Waals surface area contributed by atoms with Crippen molar-refractivity contribution in [3.8, 4) is 11.5 Å². The molecule has 0 spiro atoms. The molecule has 38 heavy (non-hydrogen) atoms. The molecular formula is C27H32F3N3O4Si. The molecule has 0 aromatic heterocycles. The lowest BCUT2D eigenvalue weighted by molar-refractivity contribution is -0.140. The summed E-state index contributed by atoms with van der Waals surface area (Å²) in [5.41, 5.74) is 0.483. The van der Waals surface area contributed by atoms with E-state index in [0.29, 0.717) is 30.9 Å². The van der Waals surface area contributed by atoms with Gasteiger partial charge >= 0.3 is 6.18 Å². The van der Waals surface area contributed by atoms with Crippen LogP contribution in [0, 0.1) is 0 Å². The van der Waals surface area contributed by atoms with Crippen LogP contribution in [0.4, 0.5) is 13.2 Å². The number of nitrogens with one attached hydrogen (secondary N) is 3. The van der Waals surface area contributed by atoms with Crippen molar-refractivity contribution in [3.63, 3.8) is 0 Å². The molecule has 0 saturated heterocycles. The van der Waals surface area contributed by atoms with Gasteiger partial charge < -0.3 is 25.1 Å². The molecule has 0 bridgehead atoms. The van der Waals surface area contributed by atoms with Crippen LogP contribution in [0.3, 0.4) is 0 Å². The fourth-order valence-corrected chi connectivity index (χ4v) is 4.20. The van der Waals surface area contributed by atoms with Gasteiger partial charge in [-0.25, -0.2) is 0 Å². The summed E-state index contributed by atoms with van der Waals surface area (Å²) in [7, 11) is -0.0774. The van der Waals surface area contributed by atoms with Crippen LogP contribution in [-0.4, -0.2) is 53.6 Å². The van der Waals surface area contributed by atoms with Crippen LogP contribution in [-0.2, 0) is 16.0 Å². The minimum Gasteiger partial charge on any atom is -0.489 e. The number of benzene rings is 2. The normalized spacial score (nSPS) is 12.6. The topological polar surface area (TPSA) is 88.7 Å². The third-order valence-electron chi connectivity index (χ3n) is 5.14. The maximum atomic E-state index is 13.1. The second-order valence-corrected chi connectivity index (χ2v) is 9.52. The molecule has 2 amide bonds. The number of halogens is 3. The molecule has 0 unspecified atom stereocenters. The lowest BCUT2D eigenvalue weighted by Crippen LogP contribution is -2.50. The van der Waals surface area contributed by atoms with Crippen molar-refractivity contribution in [2.45, 2.75) is 37.0 Å². The third kappa shape index (κ3) is 12.1. The fraction of sp³-hybridized carbons (Fsp3) is 0.333. The lowest BCUT2D eigenvalue weighted by atomic mass is 10.1. The van der Waals surface area contributed by atoms with Crippen LogP contribution >= 0.6 is 0 Å². The van der Waals surface area contributed by atoms with E-state index < -0.39 is 36.1 Å². The van der Waals surface area contributed by atoms with Crippen molar-refractivity contribution in [1.82, 2.24) is 15.6 Å². The van der Waals surface area contributed by atoms with Gasteiger partial charge in [0, 0.05) is 11.6 Å². The van der Waals surface area contributed by atoms with Crippen molar-refractivity contribution in [2.75, 3.05) is 19.9 Å². The molecule has 11 heteroatoms. The monoisotopic (exact) mass is 547 g/mol. The highest BCUT2D eigenvalue weighted by atomic mass is 28.2. The second kappa shape index (κ2) is 16.3. The largest absolute Gasteiger partial charge is 0.489 e. The van der Waals surface area contributed by atoms with E-state index in [1.54, 1.807) is 30.3 Å². The van der Waals surface area contributed by atoms with Gasteiger partial charge in [-0.15, -0.1) is 6.58 Å². The number of carbonyl (C=O) groups excluding carboxylic acids is 2. The number of hydrogen-bond acceptors (Lipinski definition) is 5. The van der Waals surface area contributed by atoms with Crippen molar-refractivity contribution in [1.29, 1.82) is 0 Å². The minimum atomic E-state index is -4.56. The number of carbonyl (C=O) groups is 2. The Balaban J connectivity index is 1.99. The summed E-state index contributed by atoms with van der Waals surface area (Å²) in [6.45, 7) is 6.14. The molecule has 2 radical (unpaired) electrons. The van der Waals surface area contributed by atoms with Gasteiger partial charge in [-0.05, 0) is 37.0 Å². The summed E-state index contributed by atoms with van der Waals surface area (Å²) in [5.74, 6) is -0.167. The number of hydrogen-bond donors (Lipinski definition) is 3. The molecule has 0 heterocycles. The highest BCUT2D eigenvalue weighted by molar-refractivity contribution is 6.41. The quantitative estimate of drug-likeness (QED) is 0.121. The highest BCUT2D eigenvalue weighted by Crippen LogP contribution is 2.19. The Morgan fingerprint density at radius 1 is 0.974 bits per heavy atom. The molecule has 3 N–H and O–H groups in total. The molecule has 0 aliphatic rings. The van der Waals surface area contributed by atoms with Gasteiger partial charge in [-0.1, -0.05) is 55.1 Å². The highest BCUT2D eigenvalue weighted by Gasteiger charge is 2.31. The second-order valence-electron chi connectivity index (χ2n) is 8.18. The zero-order valence-corrected chi connectivity index (χ0v) is 21.9. The Bertz CT molecular complexity index is 1040. The maximum absolute atomic E-state index is 13.1. The van der Waals surface area contributed by atoms with Gasteiger partial charge in [0.2, 0.25) is 11.8 Å². The average Bonchev–Trinajstić information content (AvgIpc) is 2.90. The van der Waals surface area contributed by atoms with Crippen molar-refractivity contribution in [3.05, 3.63) is 85.5 Å².